The van der Waals surface area contributed by atoms with E-state index in [-0.39, 0.29) is 5.91 Å². The number of benzene rings is 2. The van der Waals surface area contributed by atoms with E-state index >= 15 is 0 Å². The highest BCUT2D eigenvalue weighted by atomic mass is 32.2. The summed E-state index contributed by atoms with van der Waals surface area (Å²) in [5.41, 5.74) is 4.38. The van der Waals surface area contributed by atoms with Gasteiger partial charge in [-0.25, -0.2) is 0 Å². The van der Waals surface area contributed by atoms with Crippen molar-refractivity contribution in [3.05, 3.63) is 83.6 Å². The van der Waals surface area contributed by atoms with Crippen LogP contribution in [-0.4, -0.2) is 39.0 Å². The summed E-state index contributed by atoms with van der Waals surface area (Å²) >= 11 is 1.55. The molecule has 0 saturated heterocycles. The van der Waals surface area contributed by atoms with Gasteiger partial charge in [0.25, 0.3) is 5.91 Å². The fourth-order valence-electron chi connectivity index (χ4n) is 3.92. The van der Waals surface area contributed by atoms with Gasteiger partial charge in [-0.05, 0) is 30.2 Å². The smallest absolute Gasteiger partial charge is 0.255 e. The minimum atomic E-state index is 0.0571. The Hall–Kier alpha value is -3.32. The zero-order valence-electron chi connectivity index (χ0n) is 17.2. The third kappa shape index (κ3) is 4.01. The first-order valence-electron chi connectivity index (χ1n) is 10.2. The second-order valence-electron chi connectivity index (χ2n) is 7.49. The van der Waals surface area contributed by atoms with Gasteiger partial charge < -0.3 is 14.4 Å². The molecule has 4 aromatic rings. The van der Waals surface area contributed by atoms with E-state index in [0.29, 0.717) is 30.6 Å². The molecule has 0 fully saturated rings. The van der Waals surface area contributed by atoms with E-state index in [1.807, 2.05) is 35.2 Å². The summed E-state index contributed by atoms with van der Waals surface area (Å²) in [5, 5.41) is 5.17. The molecule has 0 atom stereocenters. The van der Waals surface area contributed by atoms with Crippen molar-refractivity contribution in [3.8, 4) is 0 Å². The van der Waals surface area contributed by atoms with E-state index in [1.165, 1.54) is 16.5 Å². The van der Waals surface area contributed by atoms with Crippen LogP contribution in [0.25, 0.3) is 16.5 Å². The second-order valence-corrected chi connectivity index (χ2v) is 8.51. The number of thioether (sulfide) groups is 1. The number of aromatic amines is 1. The van der Waals surface area contributed by atoms with Crippen LogP contribution in [0.1, 0.15) is 34.1 Å². The number of aromatic nitrogens is 3. The molecule has 0 bridgehead atoms. The monoisotopic (exact) mass is 430 g/mol. The summed E-state index contributed by atoms with van der Waals surface area (Å²) in [5.74, 6) is 1.80. The van der Waals surface area contributed by atoms with Gasteiger partial charge in [0.05, 0.1) is 11.3 Å². The molecule has 6 nitrogen and oxygen atoms in total. The zero-order chi connectivity index (χ0) is 21.2. The number of rotatable bonds is 5. The molecule has 0 unspecified atom stereocenters. The van der Waals surface area contributed by atoms with Crippen LogP contribution < -0.4 is 0 Å². The Morgan fingerprint density at radius 2 is 2.03 bits per heavy atom. The Kier molecular flexibility index (Phi) is 5.34. The first-order valence-corrected chi connectivity index (χ1v) is 11.2. The standard InChI is InChI=1S/C24H22N4O2S/c1-16-26-23(27-30-16)15-31-22-9-5-3-7-19(22)24(29)28-12-10-17(11-13-28)20-14-25-21-8-4-2-6-18(20)21/h2-10,14,25H,11-13,15H2,1H3. The molecule has 1 aliphatic heterocycles. The van der Waals surface area contributed by atoms with Gasteiger partial charge in [0, 0.05) is 47.6 Å². The van der Waals surface area contributed by atoms with Gasteiger partial charge in [-0.3, -0.25) is 4.79 Å². The van der Waals surface area contributed by atoms with Crippen molar-refractivity contribution in [1.29, 1.82) is 0 Å². The Bertz CT molecular complexity index is 1270. The van der Waals surface area contributed by atoms with E-state index in [4.69, 9.17) is 4.52 Å². The molecule has 1 N–H and O–H groups in total. The number of H-pyrrole nitrogens is 1. The van der Waals surface area contributed by atoms with Gasteiger partial charge in [-0.2, -0.15) is 4.98 Å². The van der Waals surface area contributed by atoms with Crippen molar-refractivity contribution in [2.24, 2.45) is 0 Å². The first-order chi connectivity index (χ1) is 15.2. The Labute approximate surface area is 184 Å². The maximum Gasteiger partial charge on any atom is 0.255 e. The molecule has 31 heavy (non-hydrogen) atoms. The van der Waals surface area contributed by atoms with Crippen LogP contribution in [0.4, 0.5) is 0 Å². The summed E-state index contributed by atoms with van der Waals surface area (Å²) in [4.78, 5) is 23.7. The fourth-order valence-corrected chi connectivity index (χ4v) is 4.80. The molecular formula is C24H22N4O2S. The predicted molar refractivity (Wildman–Crippen MR) is 122 cm³/mol. The number of hydrogen-bond donors (Lipinski definition) is 1. The summed E-state index contributed by atoms with van der Waals surface area (Å²) in [6, 6.07) is 16.0. The number of fused-ring (bicyclic) bond motifs is 1. The van der Waals surface area contributed by atoms with Crippen molar-refractivity contribution >= 4 is 34.1 Å². The van der Waals surface area contributed by atoms with Crippen molar-refractivity contribution < 1.29 is 9.32 Å². The number of nitrogens with one attached hydrogen (secondary N) is 1. The number of para-hydroxylation sites is 1. The third-order valence-electron chi connectivity index (χ3n) is 5.48. The van der Waals surface area contributed by atoms with Crippen molar-refractivity contribution in [2.75, 3.05) is 13.1 Å². The number of nitrogens with zero attached hydrogens (tertiary/aromatic N) is 3. The molecule has 0 saturated carbocycles. The van der Waals surface area contributed by atoms with E-state index in [2.05, 4.69) is 45.6 Å². The average Bonchev–Trinajstić information content (AvgIpc) is 3.43. The molecule has 0 spiro atoms. The van der Waals surface area contributed by atoms with Crippen molar-refractivity contribution in [3.63, 3.8) is 0 Å². The van der Waals surface area contributed by atoms with Gasteiger partial charge in [0.1, 0.15) is 0 Å². The Morgan fingerprint density at radius 3 is 2.84 bits per heavy atom. The molecule has 5 rings (SSSR count). The van der Waals surface area contributed by atoms with Crippen LogP contribution in [0.15, 0.2) is 70.2 Å². The number of carbonyl (C=O) groups is 1. The zero-order valence-corrected chi connectivity index (χ0v) is 18.0. The summed E-state index contributed by atoms with van der Waals surface area (Å²) in [6.07, 6.45) is 5.08. The molecule has 2 aromatic carbocycles. The molecule has 2 aromatic heterocycles. The normalized spacial score (nSPS) is 14.1. The first kappa shape index (κ1) is 19.6. The van der Waals surface area contributed by atoms with Gasteiger partial charge in [-0.15, -0.1) is 11.8 Å². The average molecular weight is 431 g/mol. The largest absolute Gasteiger partial charge is 0.361 e. The van der Waals surface area contributed by atoms with Gasteiger partial charge in [0.2, 0.25) is 5.89 Å². The molecule has 3 heterocycles. The maximum absolute atomic E-state index is 13.3. The molecule has 1 amide bonds. The van der Waals surface area contributed by atoms with Crippen LogP contribution in [0, 0.1) is 6.92 Å². The van der Waals surface area contributed by atoms with Crippen LogP contribution in [-0.2, 0) is 5.75 Å². The number of hydrogen-bond acceptors (Lipinski definition) is 5. The topological polar surface area (TPSA) is 75.0 Å². The van der Waals surface area contributed by atoms with Gasteiger partial charge in [-0.1, -0.05) is 41.6 Å². The van der Waals surface area contributed by atoms with Crippen LogP contribution in [0.3, 0.4) is 0 Å². The van der Waals surface area contributed by atoms with E-state index < -0.39 is 0 Å². The Morgan fingerprint density at radius 1 is 1.19 bits per heavy atom. The van der Waals surface area contributed by atoms with Gasteiger partial charge in [0.15, 0.2) is 5.82 Å². The highest BCUT2D eigenvalue weighted by molar-refractivity contribution is 7.98. The molecule has 7 heteroatoms. The van der Waals surface area contributed by atoms with Crippen LogP contribution in [0.2, 0.25) is 0 Å². The summed E-state index contributed by atoms with van der Waals surface area (Å²) in [6.45, 7) is 3.08. The quantitative estimate of drug-likeness (QED) is 0.447. The lowest BCUT2D eigenvalue weighted by atomic mass is 9.98. The van der Waals surface area contributed by atoms with E-state index in [0.717, 1.165) is 22.4 Å². The summed E-state index contributed by atoms with van der Waals surface area (Å²) < 4.78 is 5.03. The minimum Gasteiger partial charge on any atom is -0.361 e. The maximum atomic E-state index is 13.3. The Balaban J connectivity index is 1.31. The van der Waals surface area contributed by atoms with E-state index in [9.17, 15) is 4.79 Å². The minimum absolute atomic E-state index is 0.0571. The fraction of sp³-hybridized carbons (Fsp3) is 0.208. The number of carbonyl (C=O) groups excluding carboxylic acids is 1. The summed E-state index contributed by atoms with van der Waals surface area (Å²) in [7, 11) is 0. The van der Waals surface area contributed by atoms with Crippen LogP contribution >= 0.6 is 11.8 Å². The molecule has 1 aliphatic rings. The van der Waals surface area contributed by atoms with Crippen molar-refractivity contribution in [1.82, 2.24) is 20.0 Å². The highest BCUT2D eigenvalue weighted by Crippen LogP contribution is 2.31. The molecular weight excluding hydrogens is 408 g/mol. The third-order valence-corrected chi connectivity index (χ3v) is 6.54. The SMILES string of the molecule is Cc1nc(CSc2ccccc2C(=O)N2CC=C(c3c[nH]c4ccccc34)CC2)no1. The molecule has 0 radical (unpaired) electrons. The molecule has 0 aliphatic carbocycles. The molecule has 156 valence electrons. The number of amides is 1. The second kappa shape index (κ2) is 8.43. The lowest BCUT2D eigenvalue weighted by Crippen LogP contribution is -2.34. The predicted octanol–water partition coefficient (Wildman–Crippen LogP) is 5.08. The number of aryl methyl sites for hydroxylation is 1. The highest BCUT2D eigenvalue weighted by Gasteiger charge is 2.22. The lowest BCUT2D eigenvalue weighted by molar-refractivity contribution is 0.0769. The van der Waals surface area contributed by atoms with Gasteiger partial charge >= 0.3 is 0 Å². The van der Waals surface area contributed by atoms with E-state index in [1.54, 1.807) is 18.7 Å². The lowest BCUT2D eigenvalue weighted by Gasteiger charge is -2.27. The van der Waals surface area contributed by atoms with Crippen LogP contribution in [0.5, 0.6) is 0 Å². The van der Waals surface area contributed by atoms with Crippen molar-refractivity contribution in [2.45, 2.75) is 24.0 Å².